The van der Waals surface area contributed by atoms with Gasteiger partial charge in [-0.2, -0.15) is 5.10 Å². The third-order valence-corrected chi connectivity index (χ3v) is 2.86. The SMILES string of the molecule is CCCC(C)NCCCn1nc(C)cc1C. The Morgan fingerprint density at radius 1 is 1.44 bits per heavy atom. The second kappa shape index (κ2) is 6.69. The van der Waals surface area contributed by atoms with Crippen LogP contribution in [0.2, 0.25) is 0 Å². The van der Waals surface area contributed by atoms with E-state index in [1.807, 2.05) is 6.92 Å². The predicted molar refractivity (Wildman–Crippen MR) is 68.7 cm³/mol. The first-order chi connectivity index (χ1) is 7.63. The van der Waals surface area contributed by atoms with Crippen molar-refractivity contribution in [3.63, 3.8) is 0 Å². The number of nitrogens with zero attached hydrogens (tertiary/aromatic N) is 2. The average Bonchev–Trinajstić information content (AvgIpc) is 2.53. The van der Waals surface area contributed by atoms with Gasteiger partial charge in [-0.25, -0.2) is 0 Å². The highest BCUT2D eigenvalue weighted by atomic mass is 15.3. The molecule has 16 heavy (non-hydrogen) atoms. The average molecular weight is 223 g/mol. The third kappa shape index (κ3) is 4.35. The van der Waals surface area contributed by atoms with Crippen molar-refractivity contribution in [1.82, 2.24) is 15.1 Å². The number of aromatic nitrogens is 2. The molecule has 0 spiro atoms. The molecule has 0 fully saturated rings. The molecule has 1 rings (SSSR count). The van der Waals surface area contributed by atoms with Crippen LogP contribution >= 0.6 is 0 Å². The van der Waals surface area contributed by atoms with Crippen molar-refractivity contribution in [2.75, 3.05) is 6.54 Å². The minimum atomic E-state index is 0.644. The molecule has 1 unspecified atom stereocenters. The van der Waals surface area contributed by atoms with Gasteiger partial charge < -0.3 is 5.32 Å². The molecule has 0 aliphatic rings. The van der Waals surface area contributed by atoms with Gasteiger partial charge in [-0.15, -0.1) is 0 Å². The molecule has 0 aliphatic heterocycles. The Kier molecular flexibility index (Phi) is 5.53. The second-order valence-electron chi connectivity index (χ2n) is 4.65. The molecule has 3 heteroatoms. The molecule has 0 saturated carbocycles. The molecule has 1 atom stereocenters. The molecule has 0 amide bonds. The van der Waals surface area contributed by atoms with Crippen LogP contribution in [0.15, 0.2) is 6.07 Å². The van der Waals surface area contributed by atoms with Crippen LogP contribution in [-0.2, 0) is 6.54 Å². The van der Waals surface area contributed by atoms with E-state index < -0.39 is 0 Å². The van der Waals surface area contributed by atoms with E-state index in [4.69, 9.17) is 0 Å². The topological polar surface area (TPSA) is 29.9 Å². The van der Waals surface area contributed by atoms with Gasteiger partial charge in [-0.1, -0.05) is 13.3 Å². The molecule has 1 aromatic rings. The van der Waals surface area contributed by atoms with E-state index in [0.717, 1.165) is 25.2 Å². The highest BCUT2D eigenvalue weighted by molar-refractivity contribution is 5.06. The van der Waals surface area contributed by atoms with Gasteiger partial charge in [0.1, 0.15) is 0 Å². The van der Waals surface area contributed by atoms with Crippen molar-refractivity contribution in [3.8, 4) is 0 Å². The van der Waals surface area contributed by atoms with E-state index in [2.05, 4.69) is 41.9 Å². The fourth-order valence-electron chi connectivity index (χ4n) is 2.01. The first-order valence-electron chi connectivity index (χ1n) is 6.38. The first kappa shape index (κ1) is 13.2. The van der Waals surface area contributed by atoms with Crippen LogP contribution in [0.1, 0.15) is 44.5 Å². The lowest BCUT2D eigenvalue weighted by Crippen LogP contribution is -2.27. The van der Waals surface area contributed by atoms with Crippen molar-refractivity contribution in [2.45, 2.75) is 59.5 Å². The summed E-state index contributed by atoms with van der Waals surface area (Å²) >= 11 is 0. The predicted octanol–water partition coefficient (Wildman–Crippen LogP) is 2.67. The number of hydrogen-bond acceptors (Lipinski definition) is 2. The summed E-state index contributed by atoms with van der Waals surface area (Å²) < 4.78 is 2.10. The molecule has 1 N–H and O–H groups in total. The van der Waals surface area contributed by atoms with Crippen LogP contribution in [0.3, 0.4) is 0 Å². The van der Waals surface area contributed by atoms with Crippen LogP contribution in [0, 0.1) is 13.8 Å². The Labute approximate surface area is 99.2 Å². The van der Waals surface area contributed by atoms with E-state index in [1.165, 1.54) is 18.5 Å². The molecule has 0 aliphatic carbocycles. The molecular formula is C13H25N3. The van der Waals surface area contributed by atoms with Crippen molar-refractivity contribution in [2.24, 2.45) is 0 Å². The zero-order chi connectivity index (χ0) is 12.0. The summed E-state index contributed by atoms with van der Waals surface area (Å²) in [5, 5.41) is 7.99. The summed E-state index contributed by atoms with van der Waals surface area (Å²) in [5.41, 5.74) is 2.38. The molecule has 1 heterocycles. The second-order valence-corrected chi connectivity index (χ2v) is 4.65. The number of aryl methyl sites for hydroxylation is 3. The monoisotopic (exact) mass is 223 g/mol. The van der Waals surface area contributed by atoms with Crippen molar-refractivity contribution in [3.05, 3.63) is 17.5 Å². The van der Waals surface area contributed by atoms with Crippen LogP contribution in [0.4, 0.5) is 0 Å². The van der Waals surface area contributed by atoms with Gasteiger partial charge >= 0.3 is 0 Å². The zero-order valence-electron chi connectivity index (χ0n) is 11.1. The molecule has 1 aromatic heterocycles. The van der Waals surface area contributed by atoms with Gasteiger partial charge in [0.15, 0.2) is 0 Å². The quantitative estimate of drug-likeness (QED) is 0.720. The fourth-order valence-corrected chi connectivity index (χ4v) is 2.01. The maximum absolute atomic E-state index is 4.45. The molecule has 92 valence electrons. The van der Waals surface area contributed by atoms with Gasteiger partial charge in [0.25, 0.3) is 0 Å². The first-order valence-corrected chi connectivity index (χ1v) is 6.38. The fraction of sp³-hybridized carbons (Fsp3) is 0.769. The van der Waals surface area contributed by atoms with Crippen LogP contribution in [-0.4, -0.2) is 22.4 Å². The van der Waals surface area contributed by atoms with Crippen LogP contribution < -0.4 is 5.32 Å². The molecule has 0 bridgehead atoms. The molecular weight excluding hydrogens is 198 g/mol. The van der Waals surface area contributed by atoms with Crippen LogP contribution in [0.25, 0.3) is 0 Å². The Hall–Kier alpha value is -0.830. The normalized spacial score (nSPS) is 13.0. The summed E-state index contributed by atoms with van der Waals surface area (Å²) in [7, 11) is 0. The lowest BCUT2D eigenvalue weighted by Gasteiger charge is -2.12. The lowest BCUT2D eigenvalue weighted by molar-refractivity contribution is 0.471. The molecule has 0 saturated heterocycles. The Morgan fingerprint density at radius 3 is 2.75 bits per heavy atom. The summed E-state index contributed by atoms with van der Waals surface area (Å²) in [6.45, 7) is 10.8. The Morgan fingerprint density at radius 2 is 2.19 bits per heavy atom. The largest absolute Gasteiger partial charge is 0.314 e. The summed E-state index contributed by atoms with van der Waals surface area (Å²) in [5.74, 6) is 0. The molecule has 0 radical (unpaired) electrons. The van der Waals surface area contributed by atoms with Crippen LogP contribution in [0.5, 0.6) is 0 Å². The summed E-state index contributed by atoms with van der Waals surface area (Å²) in [6, 6.07) is 2.78. The van der Waals surface area contributed by atoms with Crippen molar-refractivity contribution in [1.29, 1.82) is 0 Å². The number of rotatable bonds is 7. The van der Waals surface area contributed by atoms with E-state index >= 15 is 0 Å². The summed E-state index contributed by atoms with van der Waals surface area (Å²) in [4.78, 5) is 0. The van der Waals surface area contributed by atoms with E-state index in [0.29, 0.717) is 6.04 Å². The smallest absolute Gasteiger partial charge is 0.0596 e. The minimum absolute atomic E-state index is 0.644. The lowest BCUT2D eigenvalue weighted by atomic mass is 10.2. The standard InChI is InChI=1S/C13H25N3/c1-5-7-11(2)14-8-6-9-16-13(4)10-12(3)15-16/h10-11,14H,5-9H2,1-4H3. The zero-order valence-corrected chi connectivity index (χ0v) is 11.1. The third-order valence-electron chi connectivity index (χ3n) is 2.86. The van der Waals surface area contributed by atoms with Gasteiger partial charge in [-0.05, 0) is 46.2 Å². The summed E-state index contributed by atoms with van der Waals surface area (Å²) in [6.07, 6.45) is 3.67. The van der Waals surface area contributed by atoms with Gasteiger partial charge in [0.2, 0.25) is 0 Å². The van der Waals surface area contributed by atoms with E-state index in [9.17, 15) is 0 Å². The Balaban J connectivity index is 2.18. The highest BCUT2D eigenvalue weighted by Crippen LogP contribution is 2.02. The highest BCUT2D eigenvalue weighted by Gasteiger charge is 2.01. The minimum Gasteiger partial charge on any atom is -0.314 e. The van der Waals surface area contributed by atoms with Crippen molar-refractivity contribution >= 4 is 0 Å². The Bertz CT molecular complexity index is 304. The van der Waals surface area contributed by atoms with Crippen molar-refractivity contribution < 1.29 is 0 Å². The van der Waals surface area contributed by atoms with E-state index in [-0.39, 0.29) is 0 Å². The van der Waals surface area contributed by atoms with Gasteiger partial charge in [-0.3, -0.25) is 4.68 Å². The number of nitrogens with one attached hydrogen (secondary N) is 1. The maximum Gasteiger partial charge on any atom is 0.0596 e. The molecule has 3 nitrogen and oxygen atoms in total. The van der Waals surface area contributed by atoms with Gasteiger partial charge in [0.05, 0.1) is 5.69 Å². The van der Waals surface area contributed by atoms with E-state index in [1.54, 1.807) is 0 Å². The van der Waals surface area contributed by atoms with Gasteiger partial charge in [0, 0.05) is 18.3 Å². The maximum atomic E-state index is 4.45. The number of hydrogen-bond donors (Lipinski definition) is 1. The molecule has 0 aromatic carbocycles.